The molecule has 0 bridgehead atoms. The number of nitrogens with zero attached hydrogens (tertiary/aromatic N) is 3. The maximum absolute atomic E-state index is 12.9. The molecule has 0 saturated heterocycles. The van der Waals surface area contributed by atoms with Gasteiger partial charge in [0.2, 0.25) is 0 Å². The first kappa shape index (κ1) is 17.5. The largest absolute Gasteiger partial charge is 0.497 e. The van der Waals surface area contributed by atoms with E-state index in [2.05, 4.69) is 0 Å². The summed E-state index contributed by atoms with van der Waals surface area (Å²) in [6, 6.07) is 7.79. The minimum absolute atomic E-state index is 0.250. The normalized spacial score (nSPS) is 14.0. The smallest absolute Gasteiger partial charge is 0.332 e. The highest BCUT2D eigenvalue weighted by atomic mass is 16.5. The topological polar surface area (TPSA) is 66.1 Å². The van der Waals surface area contributed by atoms with Crippen molar-refractivity contribution in [1.82, 2.24) is 14.1 Å². The summed E-state index contributed by atoms with van der Waals surface area (Å²) in [7, 11) is 4.85. The van der Waals surface area contributed by atoms with Crippen LogP contribution in [0.25, 0.3) is 22.3 Å². The van der Waals surface area contributed by atoms with Crippen molar-refractivity contribution in [3.05, 3.63) is 56.2 Å². The molecule has 27 heavy (non-hydrogen) atoms. The Hall–Kier alpha value is -2.89. The lowest BCUT2D eigenvalue weighted by molar-refractivity contribution is 0.415. The summed E-state index contributed by atoms with van der Waals surface area (Å²) in [4.78, 5) is 30.2. The number of benzene rings is 1. The predicted molar refractivity (Wildman–Crippen MR) is 105 cm³/mol. The maximum atomic E-state index is 12.9. The third kappa shape index (κ3) is 2.76. The quantitative estimate of drug-likeness (QED) is 0.655. The number of aryl methyl sites for hydroxylation is 2. The van der Waals surface area contributed by atoms with Crippen LogP contribution in [-0.4, -0.2) is 21.2 Å². The number of rotatable bonds is 2. The van der Waals surface area contributed by atoms with Crippen molar-refractivity contribution in [2.45, 2.75) is 32.1 Å². The molecule has 4 rings (SSSR count). The molecule has 6 nitrogen and oxygen atoms in total. The van der Waals surface area contributed by atoms with Gasteiger partial charge in [-0.05, 0) is 61.1 Å². The standard InChI is InChI=1S/C21H23N3O3/c1-23-19-17(20(25)24(2)21(23)26)15-7-5-4-6-8-16(15)18(22-19)13-9-11-14(27-3)12-10-13/h9-12H,4-8H2,1-3H3. The van der Waals surface area contributed by atoms with E-state index in [4.69, 9.17) is 9.72 Å². The minimum atomic E-state index is -0.353. The van der Waals surface area contributed by atoms with Gasteiger partial charge in [0, 0.05) is 19.7 Å². The minimum Gasteiger partial charge on any atom is -0.497 e. The Morgan fingerprint density at radius 1 is 0.926 bits per heavy atom. The molecule has 0 radical (unpaired) electrons. The fourth-order valence-electron chi connectivity index (χ4n) is 4.01. The van der Waals surface area contributed by atoms with Crippen molar-refractivity contribution in [3.8, 4) is 17.0 Å². The van der Waals surface area contributed by atoms with Crippen LogP contribution < -0.4 is 16.0 Å². The third-order valence-corrected chi connectivity index (χ3v) is 5.52. The molecule has 3 aromatic rings. The van der Waals surface area contributed by atoms with Crippen LogP contribution in [0.2, 0.25) is 0 Å². The monoisotopic (exact) mass is 365 g/mol. The lowest BCUT2D eigenvalue weighted by Crippen LogP contribution is -2.38. The second-order valence-corrected chi connectivity index (χ2v) is 7.11. The summed E-state index contributed by atoms with van der Waals surface area (Å²) in [5, 5.41) is 0.591. The van der Waals surface area contributed by atoms with Crippen LogP contribution in [0, 0.1) is 0 Å². The van der Waals surface area contributed by atoms with Crippen molar-refractivity contribution in [2.75, 3.05) is 7.11 Å². The van der Waals surface area contributed by atoms with Gasteiger partial charge < -0.3 is 4.74 Å². The highest BCUT2D eigenvalue weighted by Crippen LogP contribution is 2.33. The first-order valence-electron chi connectivity index (χ1n) is 9.29. The number of aromatic nitrogens is 3. The molecule has 1 aliphatic carbocycles. The number of hydrogen-bond donors (Lipinski definition) is 0. The molecule has 0 aliphatic heterocycles. The van der Waals surface area contributed by atoms with Gasteiger partial charge in [-0.1, -0.05) is 6.42 Å². The molecule has 0 unspecified atom stereocenters. The van der Waals surface area contributed by atoms with Gasteiger partial charge in [0.1, 0.15) is 11.4 Å². The van der Waals surface area contributed by atoms with E-state index < -0.39 is 0 Å². The van der Waals surface area contributed by atoms with Gasteiger partial charge in [0.25, 0.3) is 5.56 Å². The Labute approximate surface area is 157 Å². The molecule has 140 valence electrons. The molecular formula is C21H23N3O3. The lowest BCUT2D eigenvalue weighted by Gasteiger charge is -2.17. The molecule has 0 spiro atoms. The number of pyridine rings is 1. The van der Waals surface area contributed by atoms with Gasteiger partial charge in [0.05, 0.1) is 18.2 Å². The zero-order chi connectivity index (χ0) is 19.1. The fourth-order valence-corrected chi connectivity index (χ4v) is 4.01. The Balaban J connectivity index is 2.12. The van der Waals surface area contributed by atoms with Crippen LogP contribution in [0.1, 0.15) is 30.4 Å². The summed E-state index contributed by atoms with van der Waals surface area (Å²) in [5.41, 5.74) is 3.90. The van der Waals surface area contributed by atoms with E-state index in [1.54, 1.807) is 14.2 Å². The van der Waals surface area contributed by atoms with E-state index >= 15 is 0 Å². The van der Waals surface area contributed by atoms with Crippen molar-refractivity contribution >= 4 is 11.0 Å². The predicted octanol–water partition coefficient (Wildman–Crippen LogP) is 2.58. The SMILES string of the molecule is COc1ccc(-c2nc3c(c4c2CCCCC4)c(=O)n(C)c(=O)n3C)cc1. The summed E-state index contributed by atoms with van der Waals surface area (Å²) in [5.74, 6) is 0.784. The van der Waals surface area contributed by atoms with Crippen LogP contribution in [-0.2, 0) is 26.9 Å². The summed E-state index contributed by atoms with van der Waals surface area (Å²) >= 11 is 0. The van der Waals surface area contributed by atoms with Crippen molar-refractivity contribution in [2.24, 2.45) is 14.1 Å². The van der Waals surface area contributed by atoms with Crippen LogP contribution in [0.3, 0.4) is 0 Å². The first-order valence-corrected chi connectivity index (χ1v) is 9.29. The summed E-state index contributed by atoms with van der Waals surface area (Å²) < 4.78 is 7.93. The van der Waals surface area contributed by atoms with E-state index in [9.17, 15) is 9.59 Å². The Morgan fingerprint density at radius 2 is 1.59 bits per heavy atom. The maximum Gasteiger partial charge on any atom is 0.332 e. The number of ether oxygens (including phenoxy) is 1. The number of methoxy groups -OCH3 is 1. The van der Waals surface area contributed by atoms with E-state index in [1.165, 1.54) is 16.2 Å². The molecule has 2 aromatic heterocycles. The van der Waals surface area contributed by atoms with Crippen LogP contribution >= 0.6 is 0 Å². The van der Waals surface area contributed by atoms with E-state index in [1.807, 2.05) is 24.3 Å². The average Bonchev–Trinajstić information content (AvgIpc) is 2.95. The van der Waals surface area contributed by atoms with Crippen LogP contribution in [0.15, 0.2) is 33.9 Å². The summed E-state index contributed by atoms with van der Waals surface area (Å²) in [6.07, 6.45) is 4.98. The first-order chi connectivity index (χ1) is 13.0. The molecule has 0 atom stereocenters. The van der Waals surface area contributed by atoms with Gasteiger partial charge in [-0.25, -0.2) is 9.78 Å². The van der Waals surface area contributed by atoms with Crippen LogP contribution in [0.4, 0.5) is 0 Å². The zero-order valence-electron chi connectivity index (χ0n) is 15.9. The summed E-state index contributed by atoms with van der Waals surface area (Å²) in [6.45, 7) is 0. The van der Waals surface area contributed by atoms with Crippen molar-refractivity contribution in [1.29, 1.82) is 0 Å². The van der Waals surface area contributed by atoms with Gasteiger partial charge in [-0.2, -0.15) is 0 Å². The highest BCUT2D eigenvalue weighted by molar-refractivity contribution is 5.84. The molecule has 0 N–H and O–H groups in total. The fraction of sp³-hybridized carbons (Fsp3) is 0.381. The van der Waals surface area contributed by atoms with Gasteiger partial charge in [-0.3, -0.25) is 13.9 Å². The molecule has 2 heterocycles. The third-order valence-electron chi connectivity index (χ3n) is 5.52. The molecule has 0 amide bonds. The molecule has 0 fully saturated rings. The van der Waals surface area contributed by atoms with Gasteiger partial charge in [0.15, 0.2) is 0 Å². The Kier molecular flexibility index (Phi) is 4.34. The second-order valence-electron chi connectivity index (χ2n) is 7.11. The number of hydrogen-bond acceptors (Lipinski definition) is 4. The molecule has 0 saturated carbocycles. The van der Waals surface area contributed by atoms with Gasteiger partial charge >= 0.3 is 5.69 Å². The van der Waals surface area contributed by atoms with Crippen LogP contribution in [0.5, 0.6) is 5.75 Å². The van der Waals surface area contributed by atoms with E-state index in [-0.39, 0.29) is 11.2 Å². The van der Waals surface area contributed by atoms with E-state index in [0.29, 0.717) is 11.0 Å². The molecule has 1 aliphatic rings. The Bertz CT molecular complexity index is 1140. The zero-order valence-corrected chi connectivity index (χ0v) is 15.9. The lowest BCUT2D eigenvalue weighted by atomic mass is 9.95. The Morgan fingerprint density at radius 3 is 2.26 bits per heavy atom. The molecule has 6 heteroatoms. The van der Waals surface area contributed by atoms with Gasteiger partial charge in [-0.15, -0.1) is 0 Å². The molecule has 1 aromatic carbocycles. The van der Waals surface area contributed by atoms with E-state index in [0.717, 1.165) is 60.2 Å². The van der Waals surface area contributed by atoms with Crippen molar-refractivity contribution in [3.63, 3.8) is 0 Å². The number of fused-ring (bicyclic) bond motifs is 3. The van der Waals surface area contributed by atoms with Crippen molar-refractivity contribution < 1.29 is 4.74 Å². The second kappa shape index (κ2) is 6.68. The average molecular weight is 365 g/mol. The highest BCUT2D eigenvalue weighted by Gasteiger charge is 2.22. The molecular weight excluding hydrogens is 342 g/mol.